The summed E-state index contributed by atoms with van der Waals surface area (Å²) in [6, 6.07) is 11.4. The van der Waals surface area contributed by atoms with Crippen LogP contribution < -0.4 is 9.47 Å². The van der Waals surface area contributed by atoms with E-state index in [0.717, 1.165) is 51.9 Å². The van der Waals surface area contributed by atoms with Crippen molar-refractivity contribution in [2.45, 2.75) is 51.0 Å². The van der Waals surface area contributed by atoms with E-state index in [9.17, 15) is 9.59 Å². The predicted molar refractivity (Wildman–Crippen MR) is 137 cm³/mol. The number of hydrogen-bond donors (Lipinski definition) is 0. The first-order valence-electron chi connectivity index (χ1n) is 11.4. The second-order valence-electron chi connectivity index (χ2n) is 8.68. The van der Waals surface area contributed by atoms with E-state index >= 15 is 0 Å². The van der Waals surface area contributed by atoms with Gasteiger partial charge in [-0.05, 0) is 59.2 Å². The van der Waals surface area contributed by atoms with E-state index in [4.69, 9.17) is 25.8 Å². The minimum atomic E-state index is -0.431. The first kappa shape index (κ1) is 23.4. The molecule has 2 aliphatic carbocycles. The molecule has 0 amide bonds. The molecule has 1 aliphatic heterocycles. The van der Waals surface area contributed by atoms with E-state index in [2.05, 4.69) is 22.6 Å². The van der Waals surface area contributed by atoms with Crippen molar-refractivity contribution in [2.24, 2.45) is 0 Å². The molecule has 0 saturated heterocycles. The van der Waals surface area contributed by atoms with Crippen LogP contribution in [0.1, 0.15) is 55.6 Å². The van der Waals surface area contributed by atoms with Gasteiger partial charge in [0.1, 0.15) is 18.1 Å². The van der Waals surface area contributed by atoms with Crippen LogP contribution in [0.2, 0.25) is 5.02 Å². The van der Waals surface area contributed by atoms with Gasteiger partial charge in [0.2, 0.25) is 0 Å². The summed E-state index contributed by atoms with van der Waals surface area (Å²) < 4.78 is 18.8. The number of hydrogen-bond acceptors (Lipinski definition) is 5. The SMILES string of the molecule is COc1cc(C2C3=C(CCCC3=O)OC3=C2C(=O)CCC3)cc(I)c1OCc1ccccc1Cl. The van der Waals surface area contributed by atoms with Crippen LogP contribution in [0.4, 0.5) is 0 Å². The Kier molecular flexibility index (Phi) is 6.71. The van der Waals surface area contributed by atoms with Crippen LogP contribution >= 0.6 is 34.2 Å². The third-order valence-electron chi connectivity index (χ3n) is 6.56. The normalized spacial score (nSPS) is 18.4. The lowest BCUT2D eigenvalue weighted by Gasteiger charge is -2.36. The van der Waals surface area contributed by atoms with Gasteiger partial charge in [0.05, 0.1) is 10.7 Å². The maximum Gasteiger partial charge on any atom is 0.174 e. The van der Waals surface area contributed by atoms with Crippen molar-refractivity contribution in [3.05, 3.63) is 78.8 Å². The van der Waals surface area contributed by atoms with Crippen LogP contribution in [-0.4, -0.2) is 18.7 Å². The highest BCUT2D eigenvalue weighted by Gasteiger charge is 2.42. The van der Waals surface area contributed by atoms with E-state index in [1.54, 1.807) is 7.11 Å². The Bertz CT molecular complexity index is 1200. The Morgan fingerprint density at radius 3 is 2.26 bits per heavy atom. The molecule has 34 heavy (non-hydrogen) atoms. The summed E-state index contributed by atoms with van der Waals surface area (Å²) in [4.78, 5) is 26.1. The smallest absolute Gasteiger partial charge is 0.174 e. The monoisotopic (exact) mass is 590 g/mol. The van der Waals surface area contributed by atoms with Gasteiger partial charge >= 0.3 is 0 Å². The Balaban J connectivity index is 1.57. The summed E-state index contributed by atoms with van der Waals surface area (Å²) >= 11 is 8.51. The second-order valence-corrected chi connectivity index (χ2v) is 10.2. The van der Waals surface area contributed by atoms with Crippen molar-refractivity contribution in [1.82, 2.24) is 0 Å². The van der Waals surface area contributed by atoms with Crippen molar-refractivity contribution in [3.8, 4) is 11.5 Å². The molecule has 0 N–H and O–H groups in total. The maximum absolute atomic E-state index is 13.0. The van der Waals surface area contributed by atoms with E-state index in [0.29, 0.717) is 47.1 Å². The predicted octanol–water partition coefficient (Wildman–Crippen LogP) is 6.66. The minimum Gasteiger partial charge on any atom is -0.493 e. The molecule has 0 unspecified atom stereocenters. The minimum absolute atomic E-state index is 0.0594. The fourth-order valence-electron chi connectivity index (χ4n) is 4.96. The van der Waals surface area contributed by atoms with Gasteiger partial charge < -0.3 is 14.2 Å². The molecule has 1 heterocycles. The molecule has 7 heteroatoms. The Hall–Kier alpha value is -2.32. The van der Waals surface area contributed by atoms with Crippen LogP contribution in [0.3, 0.4) is 0 Å². The lowest BCUT2D eigenvalue weighted by molar-refractivity contribution is -0.117. The van der Waals surface area contributed by atoms with Crippen molar-refractivity contribution in [2.75, 3.05) is 7.11 Å². The number of Topliss-reactive ketones (excluding diaryl/α,β-unsaturated/α-hetero) is 2. The Morgan fingerprint density at radius 1 is 1.00 bits per heavy atom. The first-order chi connectivity index (χ1) is 16.5. The molecular formula is C27H24ClIO5. The van der Waals surface area contributed by atoms with Crippen molar-refractivity contribution >= 4 is 45.8 Å². The number of halogens is 2. The lowest BCUT2D eigenvalue weighted by Crippen LogP contribution is -2.30. The third-order valence-corrected chi connectivity index (χ3v) is 7.73. The molecule has 0 bridgehead atoms. The zero-order valence-corrected chi connectivity index (χ0v) is 21.7. The van der Waals surface area contributed by atoms with Gasteiger partial charge in [-0.25, -0.2) is 0 Å². The average molecular weight is 591 g/mol. The van der Waals surface area contributed by atoms with Crippen LogP contribution in [0.5, 0.6) is 11.5 Å². The summed E-state index contributed by atoms with van der Waals surface area (Å²) in [5, 5.41) is 0.640. The number of allylic oxidation sites excluding steroid dienone is 4. The lowest BCUT2D eigenvalue weighted by atomic mass is 9.73. The van der Waals surface area contributed by atoms with Gasteiger partial charge in [-0.15, -0.1) is 0 Å². The molecule has 3 aliphatic rings. The molecule has 176 valence electrons. The molecule has 0 atom stereocenters. The molecule has 5 nitrogen and oxygen atoms in total. The van der Waals surface area contributed by atoms with Gasteiger partial charge in [0.25, 0.3) is 0 Å². The fraction of sp³-hybridized carbons (Fsp3) is 0.333. The quantitative estimate of drug-likeness (QED) is 0.365. The molecule has 0 fully saturated rings. The van der Waals surface area contributed by atoms with Crippen LogP contribution in [-0.2, 0) is 20.9 Å². The zero-order valence-electron chi connectivity index (χ0n) is 18.8. The van der Waals surface area contributed by atoms with Crippen molar-refractivity contribution in [1.29, 1.82) is 0 Å². The number of benzene rings is 2. The van der Waals surface area contributed by atoms with Gasteiger partial charge in [0.15, 0.2) is 23.1 Å². The second kappa shape index (κ2) is 9.74. The number of ketones is 2. The zero-order chi connectivity index (χ0) is 23.8. The summed E-state index contributed by atoms with van der Waals surface area (Å²) in [6.45, 7) is 0.296. The average Bonchev–Trinajstić information content (AvgIpc) is 2.83. The van der Waals surface area contributed by atoms with Gasteiger partial charge in [-0.2, -0.15) is 0 Å². The number of methoxy groups -OCH3 is 1. The Labute approximate surface area is 217 Å². The Morgan fingerprint density at radius 2 is 1.65 bits per heavy atom. The van der Waals surface area contributed by atoms with E-state index in [1.807, 2.05) is 36.4 Å². The van der Waals surface area contributed by atoms with Gasteiger partial charge in [-0.1, -0.05) is 29.8 Å². The summed E-state index contributed by atoms with van der Waals surface area (Å²) in [6.07, 6.45) is 3.93. The van der Waals surface area contributed by atoms with E-state index in [-0.39, 0.29) is 11.6 Å². The largest absolute Gasteiger partial charge is 0.493 e. The van der Waals surface area contributed by atoms with E-state index in [1.165, 1.54) is 0 Å². The van der Waals surface area contributed by atoms with Crippen molar-refractivity contribution < 1.29 is 23.8 Å². The summed E-state index contributed by atoms with van der Waals surface area (Å²) in [7, 11) is 1.59. The molecule has 0 radical (unpaired) electrons. The van der Waals surface area contributed by atoms with Gasteiger partial charge in [-0.3, -0.25) is 9.59 Å². The highest BCUT2D eigenvalue weighted by atomic mass is 127. The molecule has 2 aromatic rings. The third kappa shape index (κ3) is 4.26. The number of ether oxygens (including phenoxy) is 3. The first-order valence-corrected chi connectivity index (χ1v) is 12.9. The molecule has 0 spiro atoms. The number of carbonyl (C=O) groups is 2. The fourth-order valence-corrected chi connectivity index (χ4v) is 5.93. The number of carbonyl (C=O) groups excluding carboxylic acids is 2. The summed E-state index contributed by atoms with van der Waals surface area (Å²) in [5.74, 6) is 2.29. The molecule has 0 saturated carbocycles. The molecular weight excluding hydrogens is 567 g/mol. The topological polar surface area (TPSA) is 61.8 Å². The van der Waals surface area contributed by atoms with Crippen molar-refractivity contribution in [3.63, 3.8) is 0 Å². The summed E-state index contributed by atoms with van der Waals surface area (Å²) in [5.41, 5.74) is 2.98. The highest BCUT2D eigenvalue weighted by molar-refractivity contribution is 14.1. The standard InChI is InChI=1S/C27H24ClIO5/c1-32-23-13-16(12-18(29)27(23)33-14-15-6-2-3-7-17(15)28)24-25-19(30)8-4-10-21(25)34-22-11-5-9-20(31)26(22)24/h2-3,6-7,12-13,24H,4-5,8-11,14H2,1H3. The van der Waals surface area contributed by atoms with Gasteiger partial charge in [0, 0.05) is 53.3 Å². The molecule has 5 rings (SSSR count). The number of rotatable bonds is 5. The highest BCUT2D eigenvalue weighted by Crippen LogP contribution is 2.49. The van der Waals surface area contributed by atoms with Crippen LogP contribution in [0, 0.1) is 3.57 Å². The van der Waals surface area contributed by atoms with Crippen LogP contribution in [0.15, 0.2) is 59.1 Å². The maximum atomic E-state index is 13.0. The van der Waals surface area contributed by atoms with E-state index < -0.39 is 5.92 Å². The van der Waals surface area contributed by atoms with Crippen LogP contribution in [0.25, 0.3) is 0 Å². The molecule has 2 aromatic carbocycles. The molecule has 0 aromatic heterocycles.